The maximum absolute atomic E-state index is 4.11. The van der Waals surface area contributed by atoms with Crippen LogP contribution in [-0.2, 0) is 0 Å². The quantitative estimate of drug-likeness (QED) is 0.702. The van der Waals surface area contributed by atoms with Crippen LogP contribution in [0.3, 0.4) is 0 Å². The summed E-state index contributed by atoms with van der Waals surface area (Å²) in [6, 6.07) is 8.62. The van der Waals surface area contributed by atoms with Crippen molar-refractivity contribution in [3.8, 4) is 0 Å². The molecular weight excluding hydrogens is 200 g/mol. The molecule has 0 saturated heterocycles. The molecule has 0 N–H and O–H groups in total. The van der Waals surface area contributed by atoms with Crippen molar-refractivity contribution in [1.82, 2.24) is 0 Å². The largest absolute Gasteiger partial charge is 0.103 e. The van der Waals surface area contributed by atoms with Crippen LogP contribution in [0.5, 0.6) is 0 Å². The normalized spacial score (nSPS) is 22.0. The minimum absolute atomic E-state index is 0.496. The van der Waals surface area contributed by atoms with Crippen molar-refractivity contribution in [1.29, 1.82) is 0 Å². The number of hydrogen-bond donors (Lipinski definition) is 0. The molecular formula is C14H16S. The highest BCUT2D eigenvalue weighted by Gasteiger charge is 2.23. The van der Waals surface area contributed by atoms with Crippen LogP contribution in [0.25, 0.3) is 0 Å². The molecule has 1 aliphatic rings. The van der Waals surface area contributed by atoms with Gasteiger partial charge < -0.3 is 0 Å². The van der Waals surface area contributed by atoms with Crippen LogP contribution in [-0.4, -0.2) is 0 Å². The van der Waals surface area contributed by atoms with Gasteiger partial charge in [0.15, 0.2) is 0 Å². The molecule has 1 aliphatic heterocycles. The van der Waals surface area contributed by atoms with Crippen molar-refractivity contribution < 1.29 is 0 Å². The second kappa shape index (κ2) is 4.28. The third-order valence-corrected chi connectivity index (χ3v) is 3.96. The van der Waals surface area contributed by atoms with Crippen molar-refractivity contribution in [3.05, 3.63) is 58.4 Å². The Balaban J connectivity index is 2.28. The summed E-state index contributed by atoms with van der Waals surface area (Å²) in [5, 5.41) is 2.15. The third kappa shape index (κ3) is 2.03. The number of thioether (sulfide) groups is 1. The summed E-state index contributed by atoms with van der Waals surface area (Å²) in [6.45, 7) is 8.58. The monoisotopic (exact) mass is 216 g/mol. The van der Waals surface area contributed by atoms with E-state index in [1.807, 2.05) is 0 Å². The lowest BCUT2D eigenvalue weighted by Crippen LogP contribution is -2.07. The van der Waals surface area contributed by atoms with Gasteiger partial charge in [0.1, 0.15) is 0 Å². The lowest BCUT2D eigenvalue weighted by molar-refractivity contribution is 0.642. The molecule has 15 heavy (non-hydrogen) atoms. The van der Waals surface area contributed by atoms with Gasteiger partial charge in [0, 0.05) is 5.92 Å². The first-order chi connectivity index (χ1) is 7.20. The van der Waals surface area contributed by atoms with E-state index in [1.54, 1.807) is 11.8 Å². The molecule has 1 heteroatoms. The first-order valence-electron chi connectivity index (χ1n) is 5.28. The average Bonchev–Trinajstić information content (AvgIpc) is 2.64. The minimum atomic E-state index is 0.496. The van der Waals surface area contributed by atoms with Gasteiger partial charge in [-0.15, -0.1) is 11.8 Å². The first kappa shape index (κ1) is 10.6. The van der Waals surface area contributed by atoms with E-state index in [0.717, 1.165) is 0 Å². The van der Waals surface area contributed by atoms with Gasteiger partial charge in [-0.2, -0.15) is 0 Å². The van der Waals surface area contributed by atoms with Gasteiger partial charge in [-0.1, -0.05) is 43.8 Å². The molecule has 1 heterocycles. The molecule has 0 aromatic heterocycles. The van der Waals surface area contributed by atoms with Gasteiger partial charge in [-0.05, 0) is 34.3 Å². The Morgan fingerprint density at radius 2 is 2.07 bits per heavy atom. The maximum Gasteiger partial charge on any atom is 0.0150 e. The fraction of sp³-hybridized carbons (Fsp3) is 0.286. The molecule has 2 unspecified atom stereocenters. The number of rotatable bonds is 2. The highest BCUT2D eigenvalue weighted by atomic mass is 32.2. The number of aryl methyl sites for hydroxylation is 1. The Labute approximate surface area is 96.1 Å². The van der Waals surface area contributed by atoms with Gasteiger partial charge >= 0.3 is 0 Å². The van der Waals surface area contributed by atoms with E-state index in [9.17, 15) is 0 Å². The fourth-order valence-electron chi connectivity index (χ4n) is 2.13. The van der Waals surface area contributed by atoms with E-state index in [1.165, 1.54) is 16.0 Å². The fourth-order valence-corrected chi connectivity index (χ4v) is 3.00. The Kier molecular flexibility index (Phi) is 3.01. The topological polar surface area (TPSA) is 0 Å². The maximum atomic E-state index is 4.11. The van der Waals surface area contributed by atoms with Gasteiger partial charge in [0.2, 0.25) is 0 Å². The van der Waals surface area contributed by atoms with Crippen molar-refractivity contribution in [2.45, 2.75) is 19.8 Å². The van der Waals surface area contributed by atoms with Gasteiger partial charge in [0.05, 0.1) is 0 Å². The van der Waals surface area contributed by atoms with E-state index in [-0.39, 0.29) is 0 Å². The van der Waals surface area contributed by atoms with Gasteiger partial charge in [-0.3, -0.25) is 0 Å². The third-order valence-electron chi connectivity index (χ3n) is 3.09. The van der Waals surface area contributed by atoms with Crippen molar-refractivity contribution >= 4 is 11.8 Å². The van der Waals surface area contributed by atoms with E-state index >= 15 is 0 Å². The van der Waals surface area contributed by atoms with Crippen LogP contribution in [0.1, 0.15) is 24.0 Å². The summed E-state index contributed by atoms with van der Waals surface area (Å²) in [7, 11) is 0. The SMILES string of the molecule is C=C1SC=CC1C(C)c1ccccc1C. The molecule has 1 aromatic rings. The molecule has 2 rings (SSSR count). The zero-order valence-electron chi connectivity index (χ0n) is 9.23. The van der Waals surface area contributed by atoms with Gasteiger partial charge in [0.25, 0.3) is 0 Å². The lowest BCUT2D eigenvalue weighted by atomic mass is 9.85. The Morgan fingerprint density at radius 3 is 2.67 bits per heavy atom. The van der Waals surface area contributed by atoms with Gasteiger partial charge in [-0.25, -0.2) is 0 Å². The van der Waals surface area contributed by atoms with E-state index in [2.05, 4.69) is 56.2 Å². The summed E-state index contributed by atoms with van der Waals surface area (Å²) in [5.41, 5.74) is 2.82. The van der Waals surface area contributed by atoms with Crippen LogP contribution < -0.4 is 0 Å². The predicted octanol–water partition coefficient (Wildman–Crippen LogP) is 4.49. The summed E-state index contributed by atoms with van der Waals surface area (Å²) in [5.74, 6) is 1.03. The molecule has 1 aromatic carbocycles. The zero-order chi connectivity index (χ0) is 10.8. The molecule has 0 saturated carbocycles. The summed E-state index contributed by atoms with van der Waals surface area (Å²) in [6.07, 6.45) is 2.27. The van der Waals surface area contributed by atoms with Crippen molar-refractivity contribution in [2.75, 3.05) is 0 Å². The molecule has 0 radical (unpaired) electrons. The molecule has 78 valence electrons. The lowest BCUT2D eigenvalue weighted by Gasteiger charge is -2.20. The number of benzene rings is 1. The second-order valence-corrected chi connectivity index (χ2v) is 5.12. The molecule has 0 nitrogen and oxygen atoms in total. The van der Waals surface area contributed by atoms with E-state index in [0.29, 0.717) is 11.8 Å². The van der Waals surface area contributed by atoms with Crippen LogP contribution >= 0.6 is 11.8 Å². The van der Waals surface area contributed by atoms with E-state index < -0.39 is 0 Å². The summed E-state index contributed by atoms with van der Waals surface area (Å²) >= 11 is 1.76. The minimum Gasteiger partial charge on any atom is -0.103 e. The molecule has 0 amide bonds. The van der Waals surface area contributed by atoms with Crippen LogP contribution in [0.15, 0.2) is 47.2 Å². The summed E-state index contributed by atoms with van der Waals surface area (Å²) in [4.78, 5) is 1.27. The first-order valence-corrected chi connectivity index (χ1v) is 6.16. The molecule has 0 spiro atoms. The highest BCUT2D eigenvalue weighted by molar-refractivity contribution is 8.06. The van der Waals surface area contributed by atoms with Crippen LogP contribution in [0.2, 0.25) is 0 Å². The zero-order valence-corrected chi connectivity index (χ0v) is 10.1. The summed E-state index contributed by atoms with van der Waals surface area (Å²) < 4.78 is 0. The number of allylic oxidation sites excluding steroid dienone is 2. The highest BCUT2D eigenvalue weighted by Crippen LogP contribution is 2.41. The Morgan fingerprint density at radius 1 is 1.33 bits per heavy atom. The smallest absolute Gasteiger partial charge is 0.0150 e. The average molecular weight is 216 g/mol. The Bertz CT molecular complexity index is 404. The van der Waals surface area contributed by atoms with Crippen molar-refractivity contribution in [2.24, 2.45) is 5.92 Å². The van der Waals surface area contributed by atoms with Crippen molar-refractivity contribution in [3.63, 3.8) is 0 Å². The second-order valence-electron chi connectivity index (χ2n) is 4.08. The molecule has 0 aliphatic carbocycles. The van der Waals surface area contributed by atoms with E-state index in [4.69, 9.17) is 0 Å². The van der Waals surface area contributed by atoms with Crippen LogP contribution in [0, 0.1) is 12.8 Å². The number of hydrogen-bond acceptors (Lipinski definition) is 1. The standard InChI is InChI=1S/C14H16S/c1-10-6-4-5-7-13(10)11(2)14-8-9-15-12(14)3/h4-9,11,14H,3H2,1-2H3. The molecule has 0 bridgehead atoms. The van der Waals surface area contributed by atoms with Crippen LogP contribution in [0.4, 0.5) is 0 Å². The molecule has 0 fully saturated rings. The molecule has 2 atom stereocenters. The predicted molar refractivity (Wildman–Crippen MR) is 69.0 cm³/mol. The Hall–Kier alpha value is -0.950.